The highest BCUT2D eigenvalue weighted by molar-refractivity contribution is 5.76. The van der Waals surface area contributed by atoms with Crippen LogP contribution in [0.3, 0.4) is 0 Å². The van der Waals surface area contributed by atoms with Gasteiger partial charge in [-0.15, -0.1) is 0 Å². The Hall–Kier alpha value is -1.42. The highest BCUT2D eigenvalue weighted by atomic mass is 16.3. The number of carbonyl (C=O) groups excluding carboxylic acids is 1. The van der Waals surface area contributed by atoms with Gasteiger partial charge < -0.3 is 10.0 Å². The number of aliphatic hydroxyl groups is 1. The van der Waals surface area contributed by atoms with Crippen LogP contribution in [-0.4, -0.2) is 40.1 Å². The molecule has 1 aliphatic heterocycles. The van der Waals surface area contributed by atoms with E-state index in [0.29, 0.717) is 6.42 Å². The third-order valence-corrected chi connectivity index (χ3v) is 3.79. The average molecular weight is 262 g/mol. The smallest absolute Gasteiger partial charge is 0.223 e. The summed E-state index contributed by atoms with van der Waals surface area (Å²) < 4.78 is 0. The molecule has 19 heavy (non-hydrogen) atoms. The summed E-state index contributed by atoms with van der Waals surface area (Å²) in [4.78, 5) is 18.1. The number of rotatable bonds is 4. The van der Waals surface area contributed by atoms with Crippen molar-refractivity contribution in [1.82, 2.24) is 9.88 Å². The maximum absolute atomic E-state index is 12.3. The monoisotopic (exact) mass is 262 g/mol. The van der Waals surface area contributed by atoms with Crippen molar-refractivity contribution in [2.75, 3.05) is 13.2 Å². The van der Waals surface area contributed by atoms with Crippen molar-refractivity contribution in [3.05, 3.63) is 30.1 Å². The first kappa shape index (κ1) is 14.0. The van der Waals surface area contributed by atoms with Gasteiger partial charge in [-0.3, -0.25) is 9.78 Å². The van der Waals surface area contributed by atoms with Gasteiger partial charge >= 0.3 is 0 Å². The summed E-state index contributed by atoms with van der Waals surface area (Å²) in [6, 6.07) is 3.91. The normalized spacial score (nSPS) is 20.1. The number of pyridine rings is 1. The Kier molecular flexibility index (Phi) is 5.33. The van der Waals surface area contributed by atoms with Gasteiger partial charge in [-0.2, -0.15) is 0 Å². The van der Waals surface area contributed by atoms with Crippen molar-refractivity contribution in [1.29, 1.82) is 0 Å². The van der Waals surface area contributed by atoms with Crippen LogP contribution in [0.4, 0.5) is 0 Å². The van der Waals surface area contributed by atoms with Gasteiger partial charge in [-0.25, -0.2) is 0 Å². The van der Waals surface area contributed by atoms with Crippen LogP contribution in [0.25, 0.3) is 0 Å². The van der Waals surface area contributed by atoms with Crippen LogP contribution < -0.4 is 0 Å². The lowest BCUT2D eigenvalue weighted by Gasteiger charge is -2.28. The Labute approximate surface area is 114 Å². The predicted molar refractivity (Wildman–Crippen MR) is 73.6 cm³/mol. The van der Waals surface area contributed by atoms with Gasteiger partial charge in [0.05, 0.1) is 12.6 Å². The Bertz CT molecular complexity index is 394. The van der Waals surface area contributed by atoms with Crippen LogP contribution in [0.1, 0.15) is 37.7 Å². The van der Waals surface area contributed by atoms with Crippen LogP contribution in [0, 0.1) is 0 Å². The van der Waals surface area contributed by atoms with E-state index < -0.39 is 0 Å². The standard InChI is InChI=1S/C15H22N2O2/c18-12-14-4-2-1-3-11-17(14)15(19)6-5-13-7-9-16-10-8-13/h7-10,14,18H,1-6,11-12H2. The molecule has 2 heterocycles. The topological polar surface area (TPSA) is 53.4 Å². The zero-order valence-electron chi connectivity index (χ0n) is 11.3. The van der Waals surface area contributed by atoms with E-state index >= 15 is 0 Å². The molecule has 1 N–H and O–H groups in total. The van der Waals surface area contributed by atoms with E-state index in [9.17, 15) is 9.90 Å². The van der Waals surface area contributed by atoms with Gasteiger partial charge in [0, 0.05) is 25.4 Å². The lowest BCUT2D eigenvalue weighted by Crippen LogP contribution is -2.42. The molecule has 0 spiro atoms. The number of aryl methyl sites for hydroxylation is 1. The molecule has 4 heteroatoms. The first-order valence-electron chi connectivity index (χ1n) is 7.10. The van der Waals surface area contributed by atoms with Crippen LogP contribution in [-0.2, 0) is 11.2 Å². The first-order valence-corrected chi connectivity index (χ1v) is 7.10. The largest absolute Gasteiger partial charge is 0.394 e. The van der Waals surface area contributed by atoms with E-state index in [4.69, 9.17) is 0 Å². The molecule has 1 unspecified atom stereocenters. The predicted octanol–water partition coefficient (Wildman–Crippen LogP) is 1.78. The van der Waals surface area contributed by atoms with Crippen molar-refractivity contribution in [3.8, 4) is 0 Å². The van der Waals surface area contributed by atoms with E-state index in [1.54, 1.807) is 12.4 Å². The second-order valence-electron chi connectivity index (χ2n) is 5.13. The zero-order valence-corrected chi connectivity index (χ0v) is 11.3. The third kappa shape index (κ3) is 4.03. The van der Waals surface area contributed by atoms with E-state index in [0.717, 1.165) is 44.2 Å². The number of aliphatic hydroxyl groups excluding tert-OH is 1. The number of nitrogens with zero attached hydrogens (tertiary/aromatic N) is 2. The van der Waals surface area contributed by atoms with Crippen molar-refractivity contribution in [3.63, 3.8) is 0 Å². The zero-order chi connectivity index (χ0) is 13.5. The van der Waals surface area contributed by atoms with Gasteiger partial charge in [-0.1, -0.05) is 12.8 Å². The fraction of sp³-hybridized carbons (Fsp3) is 0.600. The molecule has 0 radical (unpaired) electrons. The molecule has 0 aromatic carbocycles. The van der Waals surface area contributed by atoms with Gasteiger partial charge in [0.2, 0.25) is 5.91 Å². The number of aromatic nitrogens is 1. The molecule has 1 fully saturated rings. The van der Waals surface area contributed by atoms with E-state index in [1.807, 2.05) is 17.0 Å². The molecule has 1 aromatic rings. The molecular weight excluding hydrogens is 240 g/mol. The molecule has 0 saturated carbocycles. The first-order chi connectivity index (χ1) is 9.31. The van der Waals surface area contributed by atoms with Crippen LogP contribution in [0.15, 0.2) is 24.5 Å². The summed E-state index contributed by atoms with van der Waals surface area (Å²) in [5.74, 6) is 0.165. The van der Waals surface area contributed by atoms with Crippen molar-refractivity contribution < 1.29 is 9.90 Å². The minimum atomic E-state index is 0.0208. The maximum atomic E-state index is 12.3. The highest BCUT2D eigenvalue weighted by Crippen LogP contribution is 2.18. The van der Waals surface area contributed by atoms with Gasteiger partial charge in [0.15, 0.2) is 0 Å². The Morgan fingerprint density at radius 1 is 1.32 bits per heavy atom. The van der Waals surface area contributed by atoms with E-state index in [2.05, 4.69) is 4.98 Å². The lowest BCUT2D eigenvalue weighted by atomic mass is 10.1. The number of amides is 1. The summed E-state index contributed by atoms with van der Waals surface area (Å²) in [5, 5.41) is 9.42. The molecule has 1 amide bonds. The molecule has 104 valence electrons. The second-order valence-corrected chi connectivity index (χ2v) is 5.13. The molecule has 1 aliphatic rings. The van der Waals surface area contributed by atoms with Gasteiger partial charge in [-0.05, 0) is 37.0 Å². The molecule has 2 rings (SSSR count). The lowest BCUT2D eigenvalue weighted by molar-refractivity contribution is -0.134. The van der Waals surface area contributed by atoms with Crippen molar-refractivity contribution in [2.45, 2.75) is 44.6 Å². The Morgan fingerprint density at radius 2 is 2.11 bits per heavy atom. The maximum Gasteiger partial charge on any atom is 0.223 e. The number of hydrogen-bond donors (Lipinski definition) is 1. The minimum absolute atomic E-state index is 0.0208. The molecule has 0 bridgehead atoms. The molecule has 4 nitrogen and oxygen atoms in total. The fourth-order valence-corrected chi connectivity index (χ4v) is 2.64. The molecule has 1 saturated heterocycles. The summed E-state index contributed by atoms with van der Waals surface area (Å²) in [7, 11) is 0. The average Bonchev–Trinajstić information content (AvgIpc) is 2.71. The highest BCUT2D eigenvalue weighted by Gasteiger charge is 2.24. The third-order valence-electron chi connectivity index (χ3n) is 3.79. The van der Waals surface area contributed by atoms with Crippen molar-refractivity contribution >= 4 is 5.91 Å². The molecule has 0 aliphatic carbocycles. The van der Waals surface area contributed by atoms with Gasteiger partial charge in [0.1, 0.15) is 0 Å². The number of carbonyl (C=O) groups is 1. The summed E-state index contributed by atoms with van der Waals surface area (Å²) in [6.45, 7) is 0.876. The molecule has 1 aromatic heterocycles. The number of hydrogen-bond acceptors (Lipinski definition) is 3. The SMILES string of the molecule is O=C(CCc1ccncc1)N1CCCCCC1CO. The van der Waals surface area contributed by atoms with Crippen LogP contribution in [0.2, 0.25) is 0 Å². The summed E-state index contributed by atoms with van der Waals surface area (Å²) in [5.41, 5.74) is 1.14. The quantitative estimate of drug-likeness (QED) is 0.900. The Balaban J connectivity index is 1.90. The van der Waals surface area contributed by atoms with E-state index in [1.165, 1.54) is 0 Å². The summed E-state index contributed by atoms with van der Waals surface area (Å²) >= 11 is 0. The molecule has 1 atom stereocenters. The molecular formula is C15H22N2O2. The Morgan fingerprint density at radius 3 is 2.84 bits per heavy atom. The van der Waals surface area contributed by atoms with Crippen molar-refractivity contribution in [2.24, 2.45) is 0 Å². The summed E-state index contributed by atoms with van der Waals surface area (Å²) in [6.07, 6.45) is 9.01. The number of likely N-dealkylation sites (tertiary alicyclic amines) is 1. The fourth-order valence-electron chi connectivity index (χ4n) is 2.64. The van der Waals surface area contributed by atoms with Gasteiger partial charge in [0.25, 0.3) is 0 Å². The minimum Gasteiger partial charge on any atom is -0.394 e. The van der Waals surface area contributed by atoms with Crippen LogP contribution in [0.5, 0.6) is 0 Å². The van der Waals surface area contributed by atoms with Crippen LogP contribution >= 0.6 is 0 Å². The van der Waals surface area contributed by atoms with E-state index in [-0.39, 0.29) is 18.6 Å². The second kappa shape index (κ2) is 7.24.